The molecule has 0 aliphatic carbocycles. The van der Waals surface area contributed by atoms with Crippen molar-refractivity contribution in [1.82, 2.24) is 9.80 Å². The van der Waals surface area contributed by atoms with Gasteiger partial charge in [0.2, 0.25) is 0 Å². The van der Waals surface area contributed by atoms with Crippen LogP contribution in [0.15, 0.2) is 77.2 Å². The third-order valence-electron chi connectivity index (χ3n) is 7.41. The third kappa shape index (κ3) is 6.03. The number of rotatable bonds is 9. The molecule has 5 rings (SSSR count). The Kier molecular flexibility index (Phi) is 8.48. The van der Waals surface area contributed by atoms with Crippen LogP contribution in [0.4, 0.5) is 0 Å². The molecule has 8 heteroatoms. The third-order valence-corrected chi connectivity index (χ3v) is 7.41. The highest BCUT2D eigenvalue weighted by Crippen LogP contribution is 2.28. The van der Waals surface area contributed by atoms with E-state index in [4.69, 9.17) is 18.6 Å². The standard InChI is InChI=1S/C32H34N2O6/c1-22-27-9-4-5-10-28(27)40-30(22)31(35)34-17-15-33(16-18-34)20-29(25-7-6-8-26(19-25)37-2)39-21-23-11-13-24(14-12-23)32(36)38-3/h4-14,19,29H,15-18,20-21H2,1-3H3/t29-/m1/s1. The highest BCUT2D eigenvalue weighted by molar-refractivity contribution is 5.99. The maximum absolute atomic E-state index is 13.3. The molecule has 2 heterocycles. The van der Waals surface area contributed by atoms with E-state index in [1.165, 1.54) is 7.11 Å². The summed E-state index contributed by atoms with van der Waals surface area (Å²) < 4.78 is 22.6. The van der Waals surface area contributed by atoms with Crippen molar-refractivity contribution in [3.63, 3.8) is 0 Å². The number of piperazine rings is 1. The highest BCUT2D eigenvalue weighted by Gasteiger charge is 2.28. The van der Waals surface area contributed by atoms with Crippen LogP contribution in [0.2, 0.25) is 0 Å². The van der Waals surface area contributed by atoms with Gasteiger partial charge in [-0.3, -0.25) is 9.69 Å². The highest BCUT2D eigenvalue weighted by atomic mass is 16.5. The fraction of sp³-hybridized carbons (Fsp3) is 0.312. The van der Waals surface area contributed by atoms with Crippen LogP contribution < -0.4 is 4.74 Å². The zero-order valence-corrected chi connectivity index (χ0v) is 23.1. The fourth-order valence-corrected chi connectivity index (χ4v) is 5.04. The number of esters is 1. The van der Waals surface area contributed by atoms with Gasteiger partial charge in [0.1, 0.15) is 11.3 Å². The van der Waals surface area contributed by atoms with Gasteiger partial charge in [0.25, 0.3) is 5.91 Å². The topological polar surface area (TPSA) is 81.5 Å². The summed E-state index contributed by atoms with van der Waals surface area (Å²) in [5.74, 6) is 0.759. The van der Waals surface area contributed by atoms with Gasteiger partial charge in [0.05, 0.1) is 32.5 Å². The molecular weight excluding hydrogens is 508 g/mol. The largest absolute Gasteiger partial charge is 0.497 e. The number of fused-ring (bicyclic) bond motifs is 1. The summed E-state index contributed by atoms with van der Waals surface area (Å²) in [4.78, 5) is 29.2. The van der Waals surface area contributed by atoms with Gasteiger partial charge in [0.15, 0.2) is 5.76 Å². The SMILES string of the molecule is COC(=O)c1ccc(CO[C@H](CN2CCN(C(=O)c3oc4ccccc4c3C)CC2)c2cccc(OC)c2)cc1. The molecule has 8 nitrogen and oxygen atoms in total. The van der Waals surface area contributed by atoms with Gasteiger partial charge in [0, 0.05) is 43.7 Å². The maximum Gasteiger partial charge on any atom is 0.337 e. The lowest BCUT2D eigenvalue weighted by molar-refractivity contribution is 0.00301. The Hall–Kier alpha value is -4.14. The molecule has 1 aromatic heterocycles. The Bertz CT molecular complexity index is 1470. The first-order valence-electron chi connectivity index (χ1n) is 13.4. The molecular formula is C32H34N2O6. The van der Waals surface area contributed by atoms with Crippen molar-refractivity contribution in [3.05, 3.63) is 101 Å². The summed E-state index contributed by atoms with van der Waals surface area (Å²) in [5.41, 5.74) is 4.09. The maximum atomic E-state index is 13.3. The van der Waals surface area contributed by atoms with E-state index in [9.17, 15) is 9.59 Å². The minimum absolute atomic E-state index is 0.0654. The molecule has 4 aromatic rings. The number of ether oxygens (including phenoxy) is 3. The molecule has 40 heavy (non-hydrogen) atoms. The molecule has 0 bridgehead atoms. The van der Waals surface area contributed by atoms with Crippen molar-refractivity contribution in [1.29, 1.82) is 0 Å². The second-order valence-electron chi connectivity index (χ2n) is 9.91. The van der Waals surface area contributed by atoms with E-state index in [0.29, 0.717) is 37.6 Å². The van der Waals surface area contributed by atoms with Gasteiger partial charge in [-0.15, -0.1) is 0 Å². The molecule has 0 spiro atoms. The van der Waals surface area contributed by atoms with Crippen LogP contribution in [-0.2, 0) is 16.1 Å². The summed E-state index contributed by atoms with van der Waals surface area (Å²) in [6.07, 6.45) is -0.213. The van der Waals surface area contributed by atoms with Crippen molar-refractivity contribution < 1.29 is 28.2 Å². The Morgan fingerprint density at radius 1 is 0.925 bits per heavy atom. The number of benzene rings is 3. The number of hydrogen-bond acceptors (Lipinski definition) is 7. The molecule has 3 aromatic carbocycles. The molecule has 0 unspecified atom stereocenters. The van der Waals surface area contributed by atoms with Gasteiger partial charge in [-0.25, -0.2) is 4.79 Å². The summed E-state index contributed by atoms with van der Waals surface area (Å²) >= 11 is 0. The van der Waals surface area contributed by atoms with Crippen LogP contribution in [0.25, 0.3) is 11.0 Å². The predicted molar refractivity (Wildman–Crippen MR) is 152 cm³/mol. The second kappa shape index (κ2) is 12.4. The van der Waals surface area contributed by atoms with E-state index in [1.807, 2.05) is 72.5 Å². The quantitative estimate of drug-likeness (QED) is 0.267. The van der Waals surface area contributed by atoms with Crippen molar-refractivity contribution in [2.75, 3.05) is 46.9 Å². The van der Waals surface area contributed by atoms with Crippen molar-refractivity contribution in [3.8, 4) is 5.75 Å². The van der Waals surface area contributed by atoms with E-state index < -0.39 is 0 Å². The minimum Gasteiger partial charge on any atom is -0.497 e. The molecule has 1 fully saturated rings. The molecule has 0 N–H and O–H groups in total. The lowest BCUT2D eigenvalue weighted by atomic mass is 10.1. The molecule has 1 saturated heterocycles. The molecule has 1 aliphatic heterocycles. The van der Waals surface area contributed by atoms with E-state index in [0.717, 1.165) is 46.5 Å². The molecule has 1 atom stereocenters. The number of furan rings is 1. The normalized spacial score (nSPS) is 14.7. The zero-order valence-electron chi connectivity index (χ0n) is 23.1. The number of hydrogen-bond donors (Lipinski definition) is 0. The first-order chi connectivity index (χ1) is 19.5. The number of amides is 1. The summed E-state index contributed by atoms with van der Waals surface area (Å²) in [7, 11) is 3.02. The number of aryl methyl sites for hydroxylation is 1. The van der Waals surface area contributed by atoms with Gasteiger partial charge < -0.3 is 23.5 Å². The monoisotopic (exact) mass is 542 g/mol. The average molecular weight is 543 g/mol. The van der Waals surface area contributed by atoms with Crippen LogP contribution in [0.3, 0.4) is 0 Å². The van der Waals surface area contributed by atoms with Crippen LogP contribution in [0, 0.1) is 6.92 Å². The number of nitrogens with zero attached hydrogens (tertiary/aromatic N) is 2. The number of methoxy groups -OCH3 is 2. The van der Waals surface area contributed by atoms with E-state index in [1.54, 1.807) is 19.2 Å². The van der Waals surface area contributed by atoms with Gasteiger partial charge >= 0.3 is 5.97 Å². The van der Waals surface area contributed by atoms with Crippen LogP contribution in [0.1, 0.15) is 43.7 Å². The first-order valence-corrected chi connectivity index (χ1v) is 13.4. The second-order valence-corrected chi connectivity index (χ2v) is 9.91. The van der Waals surface area contributed by atoms with Crippen molar-refractivity contribution in [2.45, 2.75) is 19.6 Å². The number of carbonyl (C=O) groups is 2. The van der Waals surface area contributed by atoms with Crippen molar-refractivity contribution >= 4 is 22.8 Å². The lowest BCUT2D eigenvalue weighted by Crippen LogP contribution is -2.49. The van der Waals surface area contributed by atoms with Crippen LogP contribution in [-0.4, -0.2) is 68.6 Å². The number of carbonyl (C=O) groups excluding carboxylic acids is 2. The Morgan fingerprint density at radius 2 is 1.68 bits per heavy atom. The van der Waals surface area contributed by atoms with Crippen molar-refractivity contribution in [2.24, 2.45) is 0 Å². The zero-order chi connectivity index (χ0) is 28.1. The predicted octanol–water partition coefficient (Wildman–Crippen LogP) is 5.25. The Labute approximate surface area is 234 Å². The molecule has 208 valence electrons. The summed E-state index contributed by atoms with van der Waals surface area (Å²) in [5, 5.41) is 0.975. The minimum atomic E-state index is -0.366. The smallest absolute Gasteiger partial charge is 0.337 e. The lowest BCUT2D eigenvalue weighted by Gasteiger charge is -2.36. The van der Waals surface area contributed by atoms with E-state index in [2.05, 4.69) is 4.90 Å². The first kappa shape index (κ1) is 27.4. The average Bonchev–Trinajstić information content (AvgIpc) is 3.35. The Morgan fingerprint density at radius 3 is 2.38 bits per heavy atom. The van der Waals surface area contributed by atoms with Crippen LogP contribution >= 0.6 is 0 Å². The molecule has 1 amide bonds. The summed E-state index contributed by atoms with van der Waals surface area (Å²) in [6, 6.07) is 22.9. The van der Waals surface area contributed by atoms with Gasteiger partial charge in [-0.1, -0.05) is 42.5 Å². The summed E-state index contributed by atoms with van der Waals surface area (Å²) in [6.45, 7) is 5.65. The molecule has 0 radical (unpaired) electrons. The van der Waals surface area contributed by atoms with E-state index in [-0.39, 0.29) is 18.0 Å². The fourth-order valence-electron chi connectivity index (χ4n) is 5.04. The number of para-hydroxylation sites is 1. The molecule has 0 saturated carbocycles. The van der Waals surface area contributed by atoms with Crippen LogP contribution in [0.5, 0.6) is 5.75 Å². The molecule has 1 aliphatic rings. The Balaban J connectivity index is 1.24. The van der Waals surface area contributed by atoms with Gasteiger partial charge in [-0.2, -0.15) is 0 Å². The van der Waals surface area contributed by atoms with Gasteiger partial charge in [-0.05, 0) is 48.4 Å². The van der Waals surface area contributed by atoms with E-state index >= 15 is 0 Å².